The van der Waals surface area contributed by atoms with Gasteiger partial charge in [-0.05, 0) is 25.2 Å². The third-order valence-electron chi connectivity index (χ3n) is 1.64. The molecule has 0 unspecified atom stereocenters. The van der Waals surface area contributed by atoms with Gasteiger partial charge in [0.25, 0.3) is 0 Å². The van der Waals surface area contributed by atoms with Crippen LogP contribution in [0.15, 0.2) is 24.3 Å². The predicted molar refractivity (Wildman–Crippen MR) is 48.6 cm³/mol. The molecule has 0 aliphatic carbocycles. The molecule has 2 heteroatoms. The summed E-state index contributed by atoms with van der Waals surface area (Å²) >= 11 is 0. The molecular formula is C10H14FN. The summed E-state index contributed by atoms with van der Waals surface area (Å²) in [4.78, 5) is 2.07. The Morgan fingerprint density at radius 2 is 1.92 bits per heavy atom. The average molecular weight is 167 g/mol. The average Bonchev–Trinajstić information content (AvgIpc) is 2.03. The van der Waals surface area contributed by atoms with E-state index in [9.17, 15) is 4.39 Å². The summed E-state index contributed by atoms with van der Waals surface area (Å²) in [5.74, 6) is 0. The minimum absolute atomic E-state index is 0.374. The number of hydrogen-bond donors (Lipinski definition) is 0. The molecule has 1 aromatic carbocycles. The van der Waals surface area contributed by atoms with Gasteiger partial charge in [-0.1, -0.05) is 24.3 Å². The summed E-state index contributed by atoms with van der Waals surface area (Å²) < 4.78 is 12.2. The van der Waals surface area contributed by atoms with Gasteiger partial charge >= 0.3 is 0 Å². The fraction of sp³-hybridized carbons (Fsp3) is 0.400. The first kappa shape index (κ1) is 9.20. The van der Waals surface area contributed by atoms with E-state index in [-0.39, 0.29) is 6.67 Å². The molecule has 1 nitrogen and oxygen atoms in total. The molecule has 0 aromatic heterocycles. The second kappa shape index (κ2) is 4.21. The van der Waals surface area contributed by atoms with Crippen LogP contribution in [0.2, 0.25) is 0 Å². The zero-order valence-electron chi connectivity index (χ0n) is 7.55. The zero-order chi connectivity index (χ0) is 8.97. The molecule has 0 heterocycles. The maximum absolute atomic E-state index is 12.2. The molecular weight excluding hydrogens is 153 g/mol. The van der Waals surface area contributed by atoms with Gasteiger partial charge in [-0.3, -0.25) is 0 Å². The van der Waals surface area contributed by atoms with Crippen molar-refractivity contribution >= 4 is 0 Å². The van der Waals surface area contributed by atoms with Crippen LogP contribution >= 0.6 is 0 Å². The highest BCUT2D eigenvalue weighted by atomic mass is 19.1. The Bertz CT molecular complexity index is 245. The van der Waals surface area contributed by atoms with E-state index in [1.54, 1.807) is 6.07 Å². The quantitative estimate of drug-likeness (QED) is 0.667. The molecule has 0 amide bonds. The second-order valence-electron chi connectivity index (χ2n) is 3.19. The molecule has 0 N–H and O–H groups in total. The Hall–Kier alpha value is -0.890. The van der Waals surface area contributed by atoms with E-state index in [0.29, 0.717) is 0 Å². The van der Waals surface area contributed by atoms with Crippen molar-refractivity contribution in [1.82, 2.24) is 4.90 Å². The maximum atomic E-state index is 12.2. The summed E-state index contributed by atoms with van der Waals surface area (Å²) in [7, 11) is 4.00. The molecule has 0 bridgehead atoms. The van der Waals surface area contributed by atoms with Crippen LogP contribution < -0.4 is 0 Å². The summed E-state index contributed by atoms with van der Waals surface area (Å²) in [6, 6.07) is 7.62. The maximum Gasteiger partial charge on any atom is 0.115 e. The highest BCUT2D eigenvalue weighted by Gasteiger charge is 1.96. The van der Waals surface area contributed by atoms with E-state index in [0.717, 1.165) is 17.7 Å². The Morgan fingerprint density at radius 3 is 2.50 bits per heavy atom. The molecule has 0 radical (unpaired) electrons. The summed E-state index contributed by atoms with van der Waals surface area (Å²) in [6.45, 7) is 0.495. The van der Waals surface area contributed by atoms with Crippen LogP contribution in [0.1, 0.15) is 11.1 Å². The van der Waals surface area contributed by atoms with Crippen LogP contribution in [0.4, 0.5) is 4.39 Å². The van der Waals surface area contributed by atoms with Crippen molar-refractivity contribution in [3.05, 3.63) is 35.4 Å². The second-order valence-corrected chi connectivity index (χ2v) is 3.19. The van der Waals surface area contributed by atoms with Gasteiger partial charge in [0.2, 0.25) is 0 Å². The Balaban J connectivity index is 2.72. The lowest BCUT2D eigenvalue weighted by Crippen LogP contribution is -2.10. The SMILES string of the molecule is CN(C)Cc1cccc(CF)c1. The molecule has 0 fully saturated rings. The van der Waals surface area contributed by atoms with Crippen molar-refractivity contribution in [3.8, 4) is 0 Å². The highest BCUT2D eigenvalue weighted by molar-refractivity contribution is 5.22. The van der Waals surface area contributed by atoms with Gasteiger partial charge in [-0.2, -0.15) is 0 Å². The zero-order valence-corrected chi connectivity index (χ0v) is 7.55. The van der Waals surface area contributed by atoms with E-state index < -0.39 is 0 Å². The Morgan fingerprint density at radius 1 is 1.25 bits per heavy atom. The first-order chi connectivity index (χ1) is 5.72. The van der Waals surface area contributed by atoms with E-state index in [1.165, 1.54) is 0 Å². The van der Waals surface area contributed by atoms with Gasteiger partial charge in [0.15, 0.2) is 0 Å². The number of benzene rings is 1. The topological polar surface area (TPSA) is 3.24 Å². The van der Waals surface area contributed by atoms with Gasteiger partial charge in [-0.25, -0.2) is 4.39 Å². The summed E-state index contributed by atoms with van der Waals surface area (Å²) in [5, 5.41) is 0. The van der Waals surface area contributed by atoms with Crippen molar-refractivity contribution in [2.24, 2.45) is 0 Å². The number of alkyl halides is 1. The van der Waals surface area contributed by atoms with Crippen molar-refractivity contribution in [2.45, 2.75) is 13.2 Å². The molecule has 1 rings (SSSR count). The van der Waals surface area contributed by atoms with Crippen molar-refractivity contribution in [2.75, 3.05) is 14.1 Å². The van der Waals surface area contributed by atoms with Gasteiger partial charge in [0, 0.05) is 6.54 Å². The Kier molecular flexibility index (Phi) is 3.23. The van der Waals surface area contributed by atoms with Crippen LogP contribution in [-0.2, 0) is 13.2 Å². The van der Waals surface area contributed by atoms with Crippen LogP contribution in [0.5, 0.6) is 0 Å². The lowest BCUT2D eigenvalue weighted by molar-refractivity contribution is 0.401. The monoisotopic (exact) mass is 167 g/mol. The normalized spacial score (nSPS) is 10.7. The fourth-order valence-corrected chi connectivity index (χ4v) is 1.18. The number of nitrogens with zero attached hydrogens (tertiary/aromatic N) is 1. The first-order valence-corrected chi connectivity index (χ1v) is 4.01. The molecule has 0 saturated carbocycles. The number of hydrogen-bond acceptors (Lipinski definition) is 1. The van der Waals surface area contributed by atoms with Crippen LogP contribution in [-0.4, -0.2) is 19.0 Å². The largest absolute Gasteiger partial charge is 0.305 e. The molecule has 0 saturated heterocycles. The van der Waals surface area contributed by atoms with Gasteiger partial charge in [0.1, 0.15) is 6.67 Å². The summed E-state index contributed by atoms with van der Waals surface area (Å²) in [5.41, 5.74) is 1.92. The van der Waals surface area contributed by atoms with Gasteiger partial charge < -0.3 is 4.90 Å². The summed E-state index contributed by atoms with van der Waals surface area (Å²) in [6.07, 6.45) is 0. The molecule has 66 valence electrons. The Labute approximate surface area is 72.8 Å². The predicted octanol–water partition coefficient (Wildman–Crippen LogP) is 2.22. The first-order valence-electron chi connectivity index (χ1n) is 4.01. The third-order valence-corrected chi connectivity index (χ3v) is 1.64. The van der Waals surface area contributed by atoms with Gasteiger partial charge in [-0.15, -0.1) is 0 Å². The van der Waals surface area contributed by atoms with E-state index in [4.69, 9.17) is 0 Å². The molecule has 0 aliphatic heterocycles. The van der Waals surface area contributed by atoms with Crippen LogP contribution in [0, 0.1) is 0 Å². The van der Waals surface area contributed by atoms with E-state index >= 15 is 0 Å². The molecule has 12 heavy (non-hydrogen) atoms. The number of halogens is 1. The molecule has 0 aliphatic rings. The lowest BCUT2D eigenvalue weighted by atomic mass is 10.1. The van der Waals surface area contributed by atoms with Crippen LogP contribution in [0.25, 0.3) is 0 Å². The molecule has 0 spiro atoms. The standard InChI is InChI=1S/C10H14FN/c1-12(2)8-10-5-3-4-9(6-10)7-11/h3-6H,7-8H2,1-2H3. The van der Waals surface area contributed by atoms with E-state index in [1.807, 2.05) is 32.3 Å². The third kappa shape index (κ3) is 2.62. The van der Waals surface area contributed by atoms with Crippen LogP contribution in [0.3, 0.4) is 0 Å². The molecule has 0 atom stereocenters. The number of rotatable bonds is 3. The van der Waals surface area contributed by atoms with Crippen molar-refractivity contribution in [1.29, 1.82) is 0 Å². The smallest absolute Gasteiger partial charge is 0.115 e. The van der Waals surface area contributed by atoms with Crippen molar-refractivity contribution in [3.63, 3.8) is 0 Å². The van der Waals surface area contributed by atoms with Crippen molar-refractivity contribution < 1.29 is 4.39 Å². The highest BCUT2D eigenvalue weighted by Crippen LogP contribution is 2.07. The van der Waals surface area contributed by atoms with E-state index in [2.05, 4.69) is 4.90 Å². The molecule has 1 aromatic rings. The van der Waals surface area contributed by atoms with Gasteiger partial charge in [0.05, 0.1) is 0 Å². The lowest BCUT2D eigenvalue weighted by Gasteiger charge is -2.09. The minimum Gasteiger partial charge on any atom is -0.305 e. The fourth-order valence-electron chi connectivity index (χ4n) is 1.18. The minimum atomic E-state index is -0.374.